The summed E-state index contributed by atoms with van der Waals surface area (Å²) in [6.07, 6.45) is 2.93. The van der Waals surface area contributed by atoms with Crippen LogP contribution < -0.4 is 5.32 Å². The van der Waals surface area contributed by atoms with Gasteiger partial charge in [0.05, 0.1) is 17.9 Å². The molecule has 1 N–H and O–H groups in total. The molecule has 5 heterocycles. The topological polar surface area (TPSA) is 118 Å². The number of carbonyl (C=O) groups is 4. The van der Waals surface area contributed by atoms with Crippen LogP contribution in [0.25, 0.3) is 5.69 Å². The molecule has 2 aromatic heterocycles. The predicted molar refractivity (Wildman–Crippen MR) is 125 cm³/mol. The van der Waals surface area contributed by atoms with E-state index in [2.05, 4.69) is 27.1 Å². The number of hydrogen-bond donors (Lipinski definition) is 1. The number of hydrogen-bond acceptors (Lipinski definition) is 7. The van der Waals surface area contributed by atoms with Gasteiger partial charge in [-0.15, -0.1) is 16.4 Å². The predicted octanol–water partition coefficient (Wildman–Crippen LogP) is 1.85. The molecule has 1 fully saturated rings. The minimum Gasteiger partial charge on any atom is -0.330 e. The van der Waals surface area contributed by atoms with Crippen LogP contribution in [0.4, 0.5) is 0 Å². The van der Waals surface area contributed by atoms with Gasteiger partial charge in [-0.3, -0.25) is 24.5 Å². The Bertz CT molecular complexity index is 1390. The lowest BCUT2D eigenvalue weighted by Gasteiger charge is -2.33. The minimum atomic E-state index is -0.665. The monoisotopic (exact) mass is 490 g/mol. The summed E-state index contributed by atoms with van der Waals surface area (Å²) < 4.78 is 1.49. The van der Waals surface area contributed by atoms with Crippen molar-refractivity contribution in [3.8, 4) is 5.69 Å². The van der Waals surface area contributed by atoms with Crippen molar-refractivity contribution in [3.05, 3.63) is 63.1 Å². The maximum atomic E-state index is 13.2. The Balaban J connectivity index is 1.22. The summed E-state index contributed by atoms with van der Waals surface area (Å²) in [7, 11) is 0. The van der Waals surface area contributed by atoms with Gasteiger partial charge in [0, 0.05) is 30.0 Å². The number of imide groups is 1. The summed E-state index contributed by atoms with van der Waals surface area (Å²) in [5.41, 5.74) is 3.30. The molecule has 35 heavy (non-hydrogen) atoms. The molecule has 1 aromatic carbocycles. The molecule has 2 atom stereocenters. The number of carbonyl (C=O) groups excluding carboxylic acids is 4. The van der Waals surface area contributed by atoms with Crippen molar-refractivity contribution >= 4 is 35.0 Å². The summed E-state index contributed by atoms with van der Waals surface area (Å²) in [5.74, 6) is -1.20. The first-order chi connectivity index (χ1) is 16.9. The van der Waals surface area contributed by atoms with Crippen molar-refractivity contribution in [1.82, 2.24) is 30.1 Å². The van der Waals surface area contributed by atoms with Gasteiger partial charge in [0.15, 0.2) is 5.69 Å². The van der Waals surface area contributed by atoms with E-state index in [1.807, 2.05) is 24.0 Å². The lowest BCUT2D eigenvalue weighted by molar-refractivity contribution is -0.136. The molecule has 0 bridgehead atoms. The van der Waals surface area contributed by atoms with E-state index in [1.54, 1.807) is 23.6 Å². The fourth-order valence-corrected chi connectivity index (χ4v) is 6.07. The number of aromatic nitrogens is 3. The Morgan fingerprint density at radius 1 is 1.17 bits per heavy atom. The second-order valence-electron chi connectivity index (χ2n) is 9.01. The second kappa shape index (κ2) is 8.12. The fraction of sp³-hybridized carbons (Fsp3) is 0.333. The average molecular weight is 491 g/mol. The zero-order valence-electron chi connectivity index (χ0n) is 18.9. The molecule has 0 saturated carbocycles. The van der Waals surface area contributed by atoms with Gasteiger partial charge in [-0.05, 0) is 54.5 Å². The zero-order chi connectivity index (χ0) is 24.3. The van der Waals surface area contributed by atoms with Gasteiger partial charge in [0.1, 0.15) is 6.04 Å². The number of benzene rings is 1. The van der Waals surface area contributed by atoms with E-state index in [1.165, 1.54) is 20.0 Å². The lowest BCUT2D eigenvalue weighted by atomic mass is 10.0. The van der Waals surface area contributed by atoms with Crippen LogP contribution in [-0.4, -0.2) is 61.0 Å². The van der Waals surface area contributed by atoms with E-state index in [4.69, 9.17) is 0 Å². The first-order valence-electron chi connectivity index (χ1n) is 11.5. The minimum absolute atomic E-state index is 0.0291. The molecule has 6 rings (SSSR count). The van der Waals surface area contributed by atoms with Crippen molar-refractivity contribution in [2.24, 2.45) is 0 Å². The largest absolute Gasteiger partial charge is 0.330 e. The Morgan fingerprint density at radius 2 is 2.03 bits per heavy atom. The highest BCUT2D eigenvalue weighted by Gasteiger charge is 2.39. The molecular weight excluding hydrogens is 468 g/mol. The SMILES string of the molecule is CC1c2ccsc2CCN1C(=O)c1cn(-c2ccc3c(c2)C(=O)N(C2CCC(=O)NC2=O)C3)nn1. The highest BCUT2D eigenvalue weighted by molar-refractivity contribution is 7.10. The standard InChI is InChI=1S/C24H22N6O4S/c1-13-16-7-9-35-20(16)6-8-28(13)24(34)18-12-30(27-26-18)15-3-2-14-11-29(23(33)17(14)10-15)19-4-5-21(31)25-22(19)32/h2-3,7,9-10,12-13,19H,4-6,8,11H2,1H3,(H,25,31,32). The summed E-state index contributed by atoms with van der Waals surface area (Å²) in [5, 5.41) is 12.6. The number of piperidine rings is 1. The van der Waals surface area contributed by atoms with Crippen LogP contribution in [0.15, 0.2) is 35.8 Å². The Kier molecular flexibility index (Phi) is 5.03. The summed E-state index contributed by atoms with van der Waals surface area (Å²) in [6, 6.07) is 6.71. The van der Waals surface area contributed by atoms with E-state index < -0.39 is 11.9 Å². The molecule has 11 heteroatoms. The summed E-state index contributed by atoms with van der Waals surface area (Å²) >= 11 is 1.72. The third-order valence-electron chi connectivity index (χ3n) is 7.03. The highest BCUT2D eigenvalue weighted by atomic mass is 32.1. The maximum Gasteiger partial charge on any atom is 0.276 e. The van der Waals surface area contributed by atoms with E-state index >= 15 is 0 Å². The lowest BCUT2D eigenvalue weighted by Crippen LogP contribution is -2.52. The molecule has 4 amide bonds. The number of rotatable bonds is 3. The second-order valence-corrected chi connectivity index (χ2v) is 10.0. The molecule has 178 valence electrons. The number of fused-ring (bicyclic) bond motifs is 2. The summed E-state index contributed by atoms with van der Waals surface area (Å²) in [4.78, 5) is 54.7. The van der Waals surface area contributed by atoms with Crippen LogP contribution in [0.3, 0.4) is 0 Å². The number of nitrogens with one attached hydrogen (secondary N) is 1. The van der Waals surface area contributed by atoms with Crippen molar-refractivity contribution in [2.45, 2.75) is 44.8 Å². The van der Waals surface area contributed by atoms with Crippen LogP contribution in [0.5, 0.6) is 0 Å². The Morgan fingerprint density at radius 3 is 2.86 bits per heavy atom. The van der Waals surface area contributed by atoms with Crippen LogP contribution >= 0.6 is 11.3 Å². The summed E-state index contributed by atoms with van der Waals surface area (Å²) in [6.45, 7) is 2.95. The smallest absolute Gasteiger partial charge is 0.276 e. The van der Waals surface area contributed by atoms with Crippen LogP contribution in [0.2, 0.25) is 0 Å². The molecule has 0 radical (unpaired) electrons. The molecule has 3 aliphatic heterocycles. The van der Waals surface area contributed by atoms with Crippen molar-refractivity contribution in [1.29, 1.82) is 0 Å². The number of thiophene rings is 1. The van der Waals surface area contributed by atoms with Crippen LogP contribution in [0.1, 0.15) is 62.7 Å². The first-order valence-corrected chi connectivity index (χ1v) is 12.4. The quantitative estimate of drug-likeness (QED) is 0.560. The Labute approximate surface area is 204 Å². The highest BCUT2D eigenvalue weighted by Crippen LogP contribution is 2.34. The van der Waals surface area contributed by atoms with Gasteiger partial charge in [-0.2, -0.15) is 0 Å². The normalized spacial score (nSPS) is 21.7. The van der Waals surface area contributed by atoms with Gasteiger partial charge in [0.2, 0.25) is 11.8 Å². The third-order valence-corrected chi connectivity index (χ3v) is 8.02. The third kappa shape index (κ3) is 3.54. The molecule has 1 saturated heterocycles. The van der Waals surface area contributed by atoms with Gasteiger partial charge in [-0.1, -0.05) is 11.3 Å². The van der Waals surface area contributed by atoms with Crippen LogP contribution in [0, 0.1) is 0 Å². The van der Waals surface area contributed by atoms with Crippen molar-refractivity contribution in [2.75, 3.05) is 6.54 Å². The number of amides is 4. The molecule has 3 aliphatic rings. The van der Waals surface area contributed by atoms with Crippen LogP contribution in [-0.2, 0) is 22.6 Å². The molecule has 10 nitrogen and oxygen atoms in total. The molecule has 0 aliphatic carbocycles. The molecule has 3 aromatic rings. The van der Waals surface area contributed by atoms with Crippen molar-refractivity contribution < 1.29 is 19.2 Å². The molecule has 2 unspecified atom stereocenters. The average Bonchev–Trinajstić information content (AvgIpc) is 3.58. The van der Waals surface area contributed by atoms with Gasteiger partial charge in [0.25, 0.3) is 11.8 Å². The fourth-order valence-electron chi connectivity index (χ4n) is 5.11. The van der Waals surface area contributed by atoms with E-state index in [-0.39, 0.29) is 35.9 Å². The number of nitrogens with zero attached hydrogens (tertiary/aromatic N) is 5. The van der Waals surface area contributed by atoms with E-state index in [9.17, 15) is 19.2 Å². The maximum absolute atomic E-state index is 13.2. The van der Waals surface area contributed by atoms with E-state index in [0.717, 1.165) is 12.0 Å². The van der Waals surface area contributed by atoms with Gasteiger partial charge < -0.3 is 9.80 Å². The first kappa shape index (κ1) is 21.7. The van der Waals surface area contributed by atoms with E-state index in [0.29, 0.717) is 30.8 Å². The molecule has 0 spiro atoms. The zero-order valence-corrected chi connectivity index (χ0v) is 19.7. The Hall–Kier alpha value is -3.86. The van der Waals surface area contributed by atoms with Gasteiger partial charge in [-0.25, -0.2) is 4.68 Å². The molecular formula is C24H22N6O4S. The van der Waals surface area contributed by atoms with Crippen molar-refractivity contribution in [3.63, 3.8) is 0 Å². The van der Waals surface area contributed by atoms with Gasteiger partial charge >= 0.3 is 0 Å².